The minimum Gasteiger partial charge on any atom is -0.456 e. The van der Waals surface area contributed by atoms with Gasteiger partial charge in [-0.15, -0.1) is 0 Å². The van der Waals surface area contributed by atoms with Gasteiger partial charge < -0.3 is 17.7 Å². The summed E-state index contributed by atoms with van der Waals surface area (Å²) in [7, 11) is 7.10. The largest absolute Gasteiger partial charge is 0.456 e. The summed E-state index contributed by atoms with van der Waals surface area (Å²) in [6, 6.07) is 25.3. The number of furan rings is 4. The third-order valence-electron chi connectivity index (χ3n) is 22.7. The SMILES string of the molecule is C.C.C.C.[2H]c1cc(-c2c(C)ccc3c2oc2c(-c4c([2H])c([2H])c([2H])c([2H])c4[2H])c([N+]#[C-])ccc23)[n+](C)cc1C([2H])(C)C.[2H]c1cc(-c2c(C)ccc3c2oc2c(-c4c([2H])c([2H])c([2H])c([2H])c4[2H])c([N+]#[C-])ccc23)[n+](C)cc1C([2H])(C)C([2H])([2H])[2H].[2H]c1cc(-c2c(C)ccc3c2oc2c(-c4c([2H])c([2H])c([2H])c([2H])c4[2H])c([N+]#[C-])ccc23)[n+](C)cc1C([2H])([2H])C(C)(C)C.[2H]c1cc(-c2c(C)ccc3c2oc2c(-c4c([2H])c([2H])c([2H])c([2H])c4[2H])c([N+]#[C-])ccc23)[n+](C)cc1C([2H])([2H])C(C)C. The summed E-state index contributed by atoms with van der Waals surface area (Å²) in [6.07, 6.45) is 3.04. The average Bonchev–Trinajstić information content (AvgIpc) is 1.58. The van der Waals surface area contributed by atoms with E-state index in [4.69, 9.17) is 89.2 Å². The lowest BCUT2D eigenvalue weighted by atomic mass is 9.88. The summed E-state index contributed by atoms with van der Waals surface area (Å²) >= 11 is 0. The monoisotopic (exact) mass is 1810 g/mol. The molecule has 0 saturated carbocycles. The van der Waals surface area contributed by atoms with Gasteiger partial charge in [-0.25, -0.2) is 37.6 Å². The number of hydrogen-bond acceptors (Lipinski definition) is 4. The molecular weight excluding hydrogens is 1650 g/mol. The van der Waals surface area contributed by atoms with Gasteiger partial charge in [0.2, 0.25) is 22.8 Å². The molecule has 0 bridgehead atoms. The Hall–Kier alpha value is -15.6. The quantitative estimate of drug-likeness (QED) is 0.0850. The highest BCUT2D eigenvalue weighted by Crippen LogP contribution is 2.50. The van der Waals surface area contributed by atoms with Gasteiger partial charge in [-0.05, 0) is 132 Å². The highest BCUT2D eigenvalue weighted by Gasteiger charge is 2.31. The van der Waals surface area contributed by atoms with Crippen LogP contribution >= 0.6 is 0 Å². The van der Waals surface area contributed by atoms with Crippen molar-refractivity contribution in [3.8, 4) is 89.5 Å². The average molecular weight is 1810 g/mol. The molecule has 0 aliphatic carbocycles. The van der Waals surface area contributed by atoms with Gasteiger partial charge >= 0.3 is 0 Å². The van der Waals surface area contributed by atoms with E-state index >= 15 is 0 Å². The van der Waals surface area contributed by atoms with Crippen LogP contribution in [0, 0.1) is 65.3 Å². The van der Waals surface area contributed by atoms with E-state index in [1.165, 1.54) is 25.3 Å². The van der Waals surface area contributed by atoms with Gasteiger partial charge in [0, 0.05) is 124 Å². The number of benzene rings is 12. The number of nitrogens with zero attached hydrogens (tertiary/aromatic N) is 8. The fraction of sp³-hybridized carbons (Fsp3) is 0.220. The van der Waals surface area contributed by atoms with Crippen molar-refractivity contribution >= 4 is 111 Å². The molecule has 135 heavy (non-hydrogen) atoms. The Kier molecular flexibility index (Phi) is 18.5. The minimum atomic E-state index is -2.66. The number of aryl methyl sites for hydroxylation is 8. The van der Waals surface area contributed by atoms with Crippen molar-refractivity contribution in [3.63, 3.8) is 0 Å². The first-order chi connectivity index (χ1) is 76.5. The Bertz CT molecular complexity index is 9720. The molecule has 8 heterocycles. The van der Waals surface area contributed by atoms with Crippen molar-refractivity contribution in [2.75, 3.05) is 0 Å². The highest BCUT2D eigenvalue weighted by molar-refractivity contribution is 6.19. The lowest BCUT2D eigenvalue weighted by Gasteiger charge is -2.17. The summed E-state index contributed by atoms with van der Waals surface area (Å²) in [4.78, 5) is 14.4. The van der Waals surface area contributed by atoms with Crippen LogP contribution in [-0.4, -0.2) is 0 Å². The van der Waals surface area contributed by atoms with Crippen molar-refractivity contribution in [2.45, 2.75) is 144 Å². The predicted molar refractivity (Wildman–Crippen MR) is 564 cm³/mol. The first-order valence-electron chi connectivity index (χ1n) is 58.3. The molecule has 674 valence electrons. The Labute approximate surface area is 843 Å². The molecule has 0 spiro atoms. The van der Waals surface area contributed by atoms with Crippen LogP contribution in [0.15, 0.2) is 309 Å². The van der Waals surface area contributed by atoms with Crippen molar-refractivity contribution in [2.24, 2.45) is 39.5 Å². The summed E-state index contributed by atoms with van der Waals surface area (Å²) < 4.78 is 308. The Balaban J connectivity index is 0.000000182. The lowest BCUT2D eigenvalue weighted by Crippen LogP contribution is -2.32. The molecule has 0 N–H and O–H groups in total. The van der Waals surface area contributed by atoms with Gasteiger partial charge in [-0.3, -0.25) is 0 Å². The van der Waals surface area contributed by atoms with Crippen molar-refractivity contribution in [1.29, 1.82) is 0 Å². The van der Waals surface area contributed by atoms with Crippen molar-refractivity contribution < 1.29 is 81.2 Å². The molecule has 20 rings (SSSR count). The van der Waals surface area contributed by atoms with E-state index in [0.717, 1.165) is 33.2 Å². The first-order valence-corrected chi connectivity index (χ1v) is 41.8. The van der Waals surface area contributed by atoms with Gasteiger partial charge in [0.05, 0.1) is 81.4 Å². The number of aromatic nitrogens is 4. The van der Waals surface area contributed by atoms with Gasteiger partial charge in [0.15, 0.2) is 47.5 Å². The Morgan fingerprint density at radius 3 is 0.807 bits per heavy atom. The third-order valence-corrected chi connectivity index (χ3v) is 22.7. The molecule has 0 radical (unpaired) electrons. The maximum atomic E-state index is 8.77. The molecule has 0 fully saturated rings. The molecule has 20 aromatic rings. The molecule has 12 nitrogen and oxygen atoms in total. The molecule has 0 aliphatic heterocycles. The van der Waals surface area contributed by atoms with E-state index < -0.39 is 158 Å². The minimum absolute atomic E-state index is 0. The zero-order valence-electron chi connectivity index (χ0n) is 108. The Morgan fingerprint density at radius 2 is 0.556 bits per heavy atom. The summed E-state index contributed by atoms with van der Waals surface area (Å²) in [5.74, 6) is -3.31. The third kappa shape index (κ3) is 18.6. The maximum Gasteiger partial charge on any atom is 0.216 e. The molecule has 12 aromatic carbocycles. The number of pyridine rings is 4. The topological polar surface area (TPSA) is 85.5 Å². The zero-order valence-corrected chi connectivity index (χ0v) is 74.6. The molecule has 0 amide bonds. The highest BCUT2D eigenvalue weighted by atomic mass is 16.3. The van der Waals surface area contributed by atoms with E-state index in [2.05, 4.69) is 19.4 Å². The van der Waals surface area contributed by atoms with E-state index in [-0.39, 0.29) is 166 Å². The molecule has 12 heteroatoms. The zero-order chi connectivity index (χ0) is 121. The van der Waals surface area contributed by atoms with E-state index in [0.29, 0.717) is 105 Å². The fourth-order valence-corrected chi connectivity index (χ4v) is 16.6. The van der Waals surface area contributed by atoms with Gasteiger partial charge in [0.1, 0.15) is 72.9 Å². The van der Waals surface area contributed by atoms with E-state index in [1.807, 2.05) is 87.8 Å². The van der Waals surface area contributed by atoms with Crippen LogP contribution in [0.4, 0.5) is 22.7 Å². The van der Waals surface area contributed by atoms with Gasteiger partial charge in [-0.1, -0.05) is 310 Å². The number of hydrogen-bond donors (Lipinski definition) is 0. The molecule has 8 aromatic heterocycles. The second-order valence-electron chi connectivity index (χ2n) is 33.3. The van der Waals surface area contributed by atoms with Gasteiger partial charge in [-0.2, -0.15) is 0 Å². The van der Waals surface area contributed by atoms with Crippen LogP contribution in [0.3, 0.4) is 0 Å². The van der Waals surface area contributed by atoms with E-state index in [9.17, 15) is 0 Å². The van der Waals surface area contributed by atoms with Crippen LogP contribution in [0.1, 0.15) is 193 Å². The standard InChI is InChI=1S/C31H29N2O.C30H27N2O.2C29H25N2O.4CH4/c1-20-12-14-23-24-15-16-25(32-5)28(22-10-8-7-9-11-22)30(24)34-29(23)27(20)26-17-13-21(19-33(26)6)18-31(2,3)4;1-19(2)17-21-12-16-26(32(5)18-21)27-20(3)11-13-23-24-14-15-25(31-4)28(30(24)33-29(23)27)22-9-7-6-8-10-22;2*1-18(2)21-12-16-25(31(5)17-21)26-19(3)11-13-22-23-14-15-24(30-4)27(29(23)32-28(22)26)20-9-7-6-8-10-20;;;;/h7-17,19H,18H2,1-4,6H3;6-16,18-19H,17H2,1-3,5H3;2*6-18H,1-3,5H3;4*1H4/q4*+1;;;;/i7D,8D,9D,10D,11D,13D,18D2;6D,7D,8D,9D,10D,12D,17D2;1D3,6D,7D,8D,9D,10D,12D,18D;6D,7D,8D,9D,10D,12D,18D;;;;. The second-order valence-corrected chi connectivity index (χ2v) is 33.3. The normalized spacial score (nSPS) is 15.4. The first kappa shape index (κ1) is 61.9. The Morgan fingerprint density at radius 1 is 0.319 bits per heavy atom. The lowest BCUT2D eigenvalue weighted by molar-refractivity contribution is -0.661. The molecule has 1 atom stereocenters. The van der Waals surface area contributed by atoms with Gasteiger partial charge in [0.25, 0.3) is 0 Å². The van der Waals surface area contributed by atoms with E-state index in [1.54, 1.807) is 163 Å². The van der Waals surface area contributed by atoms with Crippen molar-refractivity contribution in [1.82, 2.24) is 0 Å². The number of rotatable bonds is 13. The van der Waals surface area contributed by atoms with Crippen molar-refractivity contribution in [3.05, 3.63) is 381 Å². The predicted octanol–water partition coefficient (Wildman–Crippen LogP) is 34.0. The summed E-state index contributed by atoms with van der Waals surface area (Å²) in [6.45, 7) is 49.7. The van der Waals surface area contributed by atoms with Crippen LogP contribution in [0.5, 0.6) is 0 Å². The number of fused-ring (bicyclic) bond motifs is 12. The van der Waals surface area contributed by atoms with Crippen LogP contribution in [-0.2, 0) is 40.9 Å². The van der Waals surface area contributed by atoms with Crippen LogP contribution in [0.25, 0.3) is 197 Å². The molecule has 0 saturated heterocycles. The smallest absolute Gasteiger partial charge is 0.216 e. The summed E-state index contributed by atoms with van der Waals surface area (Å²) in [5.41, 5.74) is 11.9. The molecule has 0 aliphatic rings. The van der Waals surface area contributed by atoms with Crippen LogP contribution in [0.2, 0.25) is 0 Å². The maximum absolute atomic E-state index is 8.77. The summed E-state index contributed by atoms with van der Waals surface area (Å²) in [5, 5.41) is 5.17. The fourth-order valence-electron chi connectivity index (χ4n) is 16.6. The molecular formula is C123H122N8O4+4. The second kappa shape index (κ2) is 40.2. The molecule has 1 unspecified atom stereocenters. The van der Waals surface area contributed by atoms with Crippen LogP contribution < -0.4 is 18.3 Å².